The average Bonchev–Trinajstić information content (AvgIpc) is 2.73. The number of hydrogen-bond acceptors (Lipinski definition) is 1. The second-order valence-electron chi connectivity index (χ2n) is 3.39. The number of carbonyl (C=O) groups excluding carboxylic acids is 1. The molecule has 2 N–H and O–H groups in total. The van der Waals surface area contributed by atoms with Crippen LogP contribution >= 0.6 is 0 Å². The maximum Gasteiger partial charge on any atom is 0.251 e. The van der Waals surface area contributed by atoms with Gasteiger partial charge in [-0.25, -0.2) is 0 Å². The fourth-order valence-corrected chi connectivity index (χ4v) is 1.42. The summed E-state index contributed by atoms with van der Waals surface area (Å²) in [5.74, 6) is 0.000283. The van der Waals surface area contributed by atoms with Crippen molar-refractivity contribution in [3.63, 3.8) is 0 Å². The smallest absolute Gasteiger partial charge is 0.251 e. The lowest BCUT2D eigenvalue weighted by molar-refractivity contribution is -0.116. The first-order chi connectivity index (χ1) is 6.68. The lowest BCUT2D eigenvalue weighted by atomic mass is 10.1. The van der Waals surface area contributed by atoms with Crippen molar-refractivity contribution in [1.82, 2.24) is 10.3 Å². The third-order valence-corrected chi connectivity index (χ3v) is 2.48. The number of carbonyl (C=O) groups is 1. The Hall–Kier alpha value is -1.77. The SMILES string of the molecule is CC1=C(C)C(=Cc2ccc[nH]2)NC1=O. The minimum Gasteiger partial charge on any atom is -0.362 e. The van der Waals surface area contributed by atoms with Gasteiger partial charge in [0.2, 0.25) is 0 Å². The fourth-order valence-electron chi connectivity index (χ4n) is 1.42. The second kappa shape index (κ2) is 3.18. The highest BCUT2D eigenvalue weighted by atomic mass is 16.1. The van der Waals surface area contributed by atoms with Crippen LogP contribution in [-0.4, -0.2) is 10.9 Å². The van der Waals surface area contributed by atoms with Crippen molar-refractivity contribution >= 4 is 12.0 Å². The third kappa shape index (κ3) is 1.37. The molecule has 1 amide bonds. The van der Waals surface area contributed by atoms with E-state index in [0.717, 1.165) is 22.5 Å². The molecular weight excluding hydrogens is 176 g/mol. The largest absolute Gasteiger partial charge is 0.362 e. The molecule has 3 heteroatoms. The van der Waals surface area contributed by atoms with E-state index in [2.05, 4.69) is 10.3 Å². The van der Waals surface area contributed by atoms with Crippen LogP contribution in [0.3, 0.4) is 0 Å². The van der Waals surface area contributed by atoms with Gasteiger partial charge in [0.1, 0.15) is 0 Å². The minimum absolute atomic E-state index is 0.000283. The molecule has 0 atom stereocenters. The van der Waals surface area contributed by atoms with E-state index in [9.17, 15) is 4.79 Å². The van der Waals surface area contributed by atoms with E-state index in [1.807, 2.05) is 38.3 Å². The van der Waals surface area contributed by atoms with E-state index in [4.69, 9.17) is 0 Å². The highest BCUT2D eigenvalue weighted by Gasteiger charge is 2.19. The Morgan fingerprint density at radius 2 is 2.07 bits per heavy atom. The molecule has 2 heterocycles. The Kier molecular flexibility index (Phi) is 2.00. The lowest BCUT2D eigenvalue weighted by Gasteiger charge is -1.98. The second-order valence-corrected chi connectivity index (χ2v) is 3.39. The summed E-state index contributed by atoms with van der Waals surface area (Å²) in [5.41, 5.74) is 3.69. The zero-order valence-corrected chi connectivity index (χ0v) is 8.22. The fraction of sp³-hybridized carbons (Fsp3) is 0.182. The van der Waals surface area contributed by atoms with Crippen molar-refractivity contribution in [1.29, 1.82) is 0 Å². The van der Waals surface area contributed by atoms with E-state index < -0.39 is 0 Å². The van der Waals surface area contributed by atoms with Gasteiger partial charge in [0.05, 0.1) is 0 Å². The Morgan fingerprint density at radius 1 is 1.29 bits per heavy atom. The Morgan fingerprint density at radius 3 is 2.57 bits per heavy atom. The van der Waals surface area contributed by atoms with Crippen molar-refractivity contribution in [2.75, 3.05) is 0 Å². The maximum absolute atomic E-state index is 11.3. The van der Waals surface area contributed by atoms with Crippen LogP contribution in [0.2, 0.25) is 0 Å². The van der Waals surface area contributed by atoms with Crippen LogP contribution in [0, 0.1) is 0 Å². The van der Waals surface area contributed by atoms with Crippen molar-refractivity contribution in [2.45, 2.75) is 13.8 Å². The summed E-state index contributed by atoms with van der Waals surface area (Å²) in [6.45, 7) is 3.78. The summed E-state index contributed by atoms with van der Waals surface area (Å²) in [5, 5.41) is 2.82. The quantitative estimate of drug-likeness (QED) is 0.693. The summed E-state index contributed by atoms with van der Waals surface area (Å²) in [6.07, 6.45) is 3.79. The molecule has 0 saturated heterocycles. The summed E-state index contributed by atoms with van der Waals surface area (Å²) >= 11 is 0. The van der Waals surface area contributed by atoms with Crippen LogP contribution in [0.1, 0.15) is 19.5 Å². The van der Waals surface area contributed by atoms with E-state index in [0.29, 0.717) is 0 Å². The summed E-state index contributed by atoms with van der Waals surface area (Å²) in [4.78, 5) is 14.4. The van der Waals surface area contributed by atoms with Crippen LogP contribution in [-0.2, 0) is 4.79 Å². The standard InChI is InChI=1S/C11H12N2O/c1-7-8(2)11(14)13-10(7)6-9-4-3-5-12-9/h3-6,12H,1-2H3,(H,13,14). The Bertz CT molecular complexity index is 424. The van der Waals surface area contributed by atoms with Crippen molar-refractivity contribution in [3.8, 4) is 0 Å². The first-order valence-electron chi connectivity index (χ1n) is 4.53. The van der Waals surface area contributed by atoms with Gasteiger partial charge in [-0.15, -0.1) is 0 Å². The zero-order chi connectivity index (χ0) is 10.1. The number of nitrogens with one attached hydrogen (secondary N) is 2. The van der Waals surface area contributed by atoms with Gasteiger partial charge in [0, 0.05) is 23.2 Å². The van der Waals surface area contributed by atoms with Crippen molar-refractivity contribution < 1.29 is 4.79 Å². The number of aromatic nitrogens is 1. The van der Waals surface area contributed by atoms with Crippen LogP contribution in [0.25, 0.3) is 6.08 Å². The average molecular weight is 188 g/mol. The third-order valence-electron chi connectivity index (χ3n) is 2.48. The normalized spacial score (nSPS) is 19.3. The molecule has 0 radical (unpaired) electrons. The number of allylic oxidation sites excluding steroid dienone is 1. The molecule has 0 spiro atoms. The first-order valence-corrected chi connectivity index (χ1v) is 4.53. The molecule has 0 unspecified atom stereocenters. The molecule has 0 saturated carbocycles. The predicted octanol–water partition coefficient (Wildman–Crippen LogP) is 1.82. The molecule has 0 fully saturated rings. The van der Waals surface area contributed by atoms with Gasteiger partial charge in [-0.05, 0) is 37.6 Å². The number of H-pyrrole nitrogens is 1. The topological polar surface area (TPSA) is 44.9 Å². The van der Waals surface area contributed by atoms with Crippen LogP contribution in [0.5, 0.6) is 0 Å². The lowest BCUT2D eigenvalue weighted by Crippen LogP contribution is -2.15. The van der Waals surface area contributed by atoms with E-state index >= 15 is 0 Å². The molecule has 3 nitrogen and oxygen atoms in total. The van der Waals surface area contributed by atoms with E-state index in [-0.39, 0.29) is 5.91 Å². The van der Waals surface area contributed by atoms with Gasteiger partial charge in [-0.2, -0.15) is 0 Å². The molecule has 2 rings (SSSR count). The molecule has 0 bridgehead atoms. The van der Waals surface area contributed by atoms with E-state index in [1.54, 1.807) is 0 Å². The molecule has 1 aliphatic rings. The number of amides is 1. The zero-order valence-electron chi connectivity index (χ0n) is 8.22. The van der Waals surface area contributed by atoms with Gasteiger partial charge in [0.15, 0.2) is 0 Å². The highest BCUT2D eigenvalue weighted by Crippen LogP contribution is 2.21. The van der Waals surface area contributed by atoms with Gasteiger partial charge in [-0.3, -0.25) is 4.79 Å². The molecule has 72 valence electrons. The van der Waals surface area contributed by atoms with Gasteiger partial charge in [0.25, 0.3) is 5.91 Å². The van der Waals surface area contributed by atoms with Gasteiger partial charge in [-0.1, -0.05) is 0 Å². The number of hydrogen-bond donors (Lipinski definition) is 2. The molecule has 1 aromatic heterocycles. The first kappa shape index (κ1) is 8.81. The molecule has 1 aliphatic heterocycles. The molecule has 14 heavy (non-hydrogen) atoms. The highest BCUT2D eigenvalue weighted by molar-refractivity contribution is 6.00. The summed E-state index contributed by atoms with van der Waals surface area (Å²) < 4.78 is 0. The van der Waals surface area contributed by atoms with Crippen molar-refractivity contribution in [2.24, 2.45) is 0 Å². The van der Waals surface area contributed by atoms with Crippen LogP contribution < -0.4 is 5.32 Å². The van der Waals surface area contributed by atoms with Crippen LogP contribution in [0.4, 0.5) is 0 Å². The molecule has 0 aliphatic carbocycles. The number of aromatic amines is 1. The molecule has 1 aromatic rings. The van der Waals surface area contributed by atoms with Gasteiger partial charge < -0.3 is 10.3 Å². The van der Waals surface area contributed by atoms with Crippen LogP contribution in [0.15, 0.2) is 35.2 Å². The Labute approximate surface area is 82.5 Å². The molecular formula is C11H12N2O. The summed E-state index contributed by atoms with van der Waals surface area (Å²) in [6, 6.07) is 3.88. The molecule has 0 aromatic carbocycles. The Balaban J connectivity index is 2.35. The minimum atomic E-state index is 0.000283. The monoisotopic (exact) mass is 188 g/mol. The number of rotatable bonds is 1. The summed E-state index contributed by atoms with van der Waals surface area (Å²) in [7, 11) is 0. The maximum atomic E-state index is 11.3. The van der Waals surface area contributed by atoms with Crippen molar-refractivity contribution in [3.05, 3.63) is 40.9 Å². The predicted molar refractivity (Wildman–Crippen MR) is 55.3 cm³/mol. The van der Waals surface area contributed by atoms with Gasteiger partial charge >= 0.3 is 0 Å². The van der Waals surface area contributed by atoms with E-state index in [1.165, 1.54) is 0 Å².